The number of anilines is 3. The van der Waals surface area contributed by atoms with Crippen LogP contribution < -0.4 is 9.64 Å². The van der Waals surface area contributed by atoms with Crippen molar-refractivity contribution in [3.63, 3.8) is 0 Å². The summed E-state index contributed by atoms with van der Waals surface area (Å²) in [5.74, 6) is 3.25. The molecule has 9 aromatic rings. The summed E-state index contributed by atoms with van der Waals surface area (Å²) in [5, 5.41) is 2.47. The molecular weight excluding hydrogens is 639 g/mol. The lowest BCUT2D eigenvalue weighted by atomic mass is 9.72. The third-order valence-electron chi connectivity index (χ3n) is 10.6. The highest BCUT2D eigenvalue weighted by atomic mass is 16.5. The summed E-state index contributed by atoms with van der Waals surface area (Å²) in [4.78, 5) is 12.1. The van der Waals surface area contributed by atoms with E-state index in [1.807, 2.05) is 48.7 Å². The molecule has 0 saturated heterocycles. The van der Waals surface area contributed by atoms with Crippen LogP contribution in [-0.4, -0.2) is 19.1 Å². The van der Waals surface area contributed by atoms with Gasteiger partial charge in [-0.15, -0.1) is 0 Å². The van der Waals surface area contributed by atoms with Crippen LogP contribution in [0, 0.1) is 0 Å². The molecule has 0 radical (unpaired) electrons. The Morgan fingerprint density at radius 2 is 1.38 bits per heavy atom. The Balaban J connectivity index is 1.15. The van der Waals surface area contributed by atoms with Gasteiger partial charge in [0.05, 0.1) is 33.4 Å². The van der Waals surface area contributed by atoms with Crippen LogP contribution in [-0.2, 0) is 12.5 Å². The summed E-state index contributed by atoms with van der Waals surface area (Å²) in [6.45, 7) is 4.68. The molecule has 0 unspecified atom stereocenters. The lowest BCUT2D eigenvalue weighted by Gasteiger charge is -2.42. The number of aryl methyl sites for hydroxylation is 1. The summed E-state index contributed by atoms with van der Waals surface area (Å²) >= 11 is 0. The van der Waals surface area contributed by atoms with Crippen molar-refractivity contribution in [1.82, 2.24) is 19.1 Å². The Labute approximate surface area is 301 Å². The van der Waals surface area contributed by atoms with E-state index in [2.05, 4.69) is 144 Å². The van der Waals surface area contributed by atoms with Crippen LogP contribution in [0.4, 0.5) is 17.2 Å². The quantitative estimate of drug-likeness (QED) is 0.182. The number of aromatic nitrogens is 4. The van der Waals surface area contributed by atoms with Crippen LogP contribution in [0.25, 0.3) is 49.9 Å². The largest absolute Gasteiger partial charge is 0.457 e. The predicted octanol–water partition coefficient (Wildman–Crippen LogP) is 11.6. The second-order valence-corrected chi connectivity index (χ2v) is 14.0. The van der Waals surface area contributed by atoms with Gasteiger partial charge in [-0.3, -0.25) is 4.90 Å². The van der Waals surface area contributed by atoms with Gasteiger partial charge in [0.15, 0.2) is 0 Å². The van der Waals surface area contributed by atoms with E-state index in [0.717, 1.165) is 56.8 Å². The number of hydrogen-bond donors (Lipinski definition) is 0. The number of hydrogen-bond acceptors (Lipinski definition) is 4. The van der Waals surface area contributed by atoms with Gasteiger partial charge in [-0.25, -0.2) is 9.97 Å². The molecule has 0 atom stereocenters. The first-order valence-electron chi connectivity index (χ1n) is 17.6. The zero-order valence-electron chi connectivity index (χ0n) is 29.2. The normalized spacial score (nSPS) is 13.4. The van der Waals surface area contributed by atoms with Crippen molar-refractivity contribution in [3.8, 4) is 28.6 Å². The second kappa shape index (κ2) is 11.4. The molecule has 1 aliphatic rings. The Kier molecular flexibility index (Phi) is 6.64. The van der Waals surface area contributed by atoms with Gasteiger partial charge in [0, 0.05) is 52.3 Å². The molecule has 6 nitrogen and oxygen atoms in total. The Morgan fingerprint density at radius 3 is 2.21 bits per heavy atom. The van der Waals surface area contributed by atoms with Crippen LogP contribution in [0.5, 0.6) is 11.5 Å². The van der Waals surface area contributed by atoms with Crippen molar-refractivity contribution in [1.29, 1.82) is 0 Å². The van der Waals surface area contributed by atoms with Crippen molar-refractivity contribution >= 4 is 50.0 Å². The van der Waals surface area contributed by atoms with Gasteiger partial charge < -0.3 is 13.9 Å². The number of ether oxygens (including phenoxy) is 1. The number of imidazole rings is 1. The molecule has 0 amide bonds. The molecule has 10 rings (SSSR count). The molecule has 4 heterocycles. The third-order valence-corrected chi connectivity index (χ3v) is 10.6. The summed E-state index contributed by atoms with van der Waals surface area (Å²) in [5.41, 5.74) is 10.8. The molecule has 0 spiro atoms. The van der Waals surface area contributed by atoms with Crippen LogP contribution in [0.3, 0.4) is 0 Å². The highest BCUT2D eigenvalue weighted by molar-refractivity contribution is 6.13. The molecule has 52 heavy (non-hydrogen) atoms. The first kappa shape index (κ1) is 30.2. The van der Waals surface area contributed by atoms with Crippen molar-refractivity contribution < 1.29 is 4.74 Å². The Bertz CT molecular complexity index is 2820. The van der Waals surface area contributed by atoms with E-state index >= 15 is 0 Å². The molecule has 0 fully saturated rings. The molecule has 0 aliphatic carbocycles. The van der Waals surface area contributed by atoms with Crippen LogP contribution >= 0.6 is 0 Å². The first-order valence-corrected chi connectivity index (χ1v) is 17.6. The van der Waals surface area contributed by atoms with Crippen molar-refractivity contribution in [2.24, 2.45) is 7.05 Å². The number of fused-ring (bicyclic) bond motifs is 7. The third kappa shape index (κ3) is 4.50. The van der Waals surface area contributed by atoms with Gasteiger partial charge in [0.2, 0.25) is 0 Å². The lowest BCUT2D eigenvalue weighted by Crippen LogP contribution is -2.31. The average Bonchev–Trinajstić information content (AvgIpc) is 3.70. The lowest BCUT2D eigenvalue weighted by molar-refractivity contribution is 0.482. The van der Waals surface area contributed by atoms with Crippen molar-refractivity contribution in [2.45, 2.75) is 19.3 Å². The van der Waals surface area contributed by atoms with Gasteiger partial charge >= 0.3 is 0 Å². The molecule has 3 aromatic heterocycles. The van der Waals surface area contributed by atoms with E-state index in [-0.39, 0.29) is 5.41 Å². The monoisotopic (exact) mass is 673 g/mol. The summed E-state index contributed by atoms with van der Waals surface area (Å²) in [6, 6.07) is 52.9. The molecule has 250 valence electrons. The number of rotatable bonds is 5. The van der Waals surface area contributed by atoms with Crippen molar-refractivity contribution in [3.05, 3.63) is 169 Å². The highest BCUT2D eigenvalue weighted by Gasteiger charge is 2.40. The smallest absolute Gasteiger partial charge is 0.140 e. The van der Waals surface area contributed by atoms with Crippen LogP contribution in [0.2, 0.25) is 0 Å². The molecule has 0 N–H and O–H groups in total. The topological polar surface area (TPSA) is 48.1 Å². The average molecular weight is 674 g/mol. The van der Waals surface area contributed by atoms with E-state index in [4.69, 9.17) is 14.7 Å². The fourth-order valence-corrected chi connectivity index (χ4v) is 8.22. The molecule has 0 saturated carbocycles. The standard InChI is InChI=1S/C46H35N5O/c1-46(2)36-25-23-33(52-32-17-13-14-30(28-32)45-48-37-19-8-10-21-39(37)49(45)3)29-41(36)51(42-22-11-12-27-47-42)40-26-24-35-34-18-7-9-20-38(34)50(44(35)43(40)46)31-15-5-4-6-16-31/h4-29H,1-3H3. The molecular formula is C46H35N5O. The fourth-order valence-electron chi connectivity index (χ4n) is 8.22. The van der Waals surface area contributed by atoms with E-state index in [1.165, 1.54) is 32.9 Å². The summed E-state index contributed by atoms with van der Waals surface area (Å²) < 4.78 is 11.2. The maximum absolute atomic E-state index is 6.66. The highest BCUT2D eigenvalue weighted by Crippen LogP contribution is 2.55. The minimum atomic E-state index is -0.366. The minimum Gasteiger partial charge on any atom is -0.457 e. The van der Waals surface area contributed by atoms with Gasteiger partial charge in [-0.05, 0) is 72.3 Å². The van der Waals surface area contributed by atoms with E-state index < -0.39 is 0 Å². The molecule has 0 bridgehead atoms. The van der Waals surface area contributed by atoms with E-state index in [1.54, 1.807) is 0 Å². The fraction of sp³-hybridized carbons (Fsp3) is 0.0870. The molecule has 1 aliphatic heterocycles. The predicted molar refractivity (Wildman–Crippen MR) is 212 cm³/mol. The van der Waals surface area contributed by atoms with Gasteiger partial charge in [0.1, 0.15) is 23.1 Å². The Hall–Kier alpha value is -6.66. The number of pyridine rings is 1. The van der Waals surface area contributed by atoms with Gasteiger partial charge in [-0.2, -0.15) is 0 Å². The second-order valence-electron chi connectivity index (χ2n) is 14.0. The minimum absolute atomic E-state index is 0.366. The van der Waals surface area contributed by atoms with Crippen LogP contribution in [0.1, 0.15) is 25.0 Å². The van der Waals surface area contributed by atoms with E-state index in [0.29, 0.717) is 0 Å². The SMILES string of the molecule is Cn1c(-c2cccc(Oc3ccc4c(c3)N(c3ccccn3)c3ccc5c6ccccc6n(-c6ccccc6)c5c3C4(C)C)c2)nc2ccccc21. The number of para-hydroxylation sites is 4. The number of nitrogens with zero attached hydrogens (tertiary/aromatic N) is 5. The van der Waals surface area contributed by atoms with Gasteiger partial charge in [0.25, 0.3) is 0 Å². The molecule has 6 heteroatoms. The maximum atomic E-state index is 6.66. The first-order chi connectivity index (χ1) is 25.5. The maximum Gasteiger partial charge on any atom is 0.140 e. The van der Waals surface area contributed by atoms with Crippen LogP contribution in [0.15, 0.2) is 158 Å². The van der Waals surface area contributed by atoms with Crippen molar-refractivity contribution in [2.75, 3.05) is 4.90 Å². The van der Waals surface area contributed by atoms with Gasteiger partial charge in [-0.1, -0.05) is 92.7 Å². The molecule has 6 aromatic carbocycles. The zero-order chi connectivity index (χ0) is 35.0. The number of benzene rings is 6. The summed E-state index contributed by atoms with van der Waals surface area (Å²) in [6.07, 6.45) is 1.86. The van der Waals surface area contributed by atoms with E-state index in [9.17, 15) is 0 Å². The zero-order valence-corrected chi connectivity index (χ0v) is 29.2. The summed E-state index contributed by atoms with van der Waals surface area (Å²) in [7, 11) is 2.06. The Morgan fingerprint density at radius 1 is 0.615 bits per heavy atom.